The van der Waals surface area contributed by atoms with Crippen molar-refractivity contribution < 1.29 is 29.6 Å². The van der Waals surface area contributed by atoms with Crippen LogP contribution in [0.2, 0.25) is 0 Å². The number of hydrogen-bond donors (Lipinski definition) is 3. The van der Waals surface area contributed by atoms with Crippen LogP contribution >= 0.6 is 0 Å². The summed E-state index contributed by atoms with van der Waals surface area (Å²) in [6.45, 7) is 6.31. The van der Waals surface area contributed by atoms with Gasteiger partial charge < -0.3 is 24.8 Å². The smallest absolute Gasteiger partial charge is 0.167 e. The summed E-state index contributed by atoms with van der Waals surface area (Å²) in [6, 6.07) is 0. The van der Waals surface area contributed by atoms with Crippen molar-refractivity contribution in [1.82, 2.24) is 0 Å². The van der Waals surface area contributed by atoms with E-state index in [-0.39, 0.29) is 18.3 Å². The second kappa shape index (κ2) is 5.74. The number of carbonyl (C=O) groups excluding carboxylic acids is 1. The number of fused-ring (bicyclic) bond motifs is 2. The van der Waals surface area contributed by atoms with Gasteiger partial charge in [0.25, 0.3) is 0 Å². The Balaban J connectivity index is 1.80. The van der Waals surface area contributed by atoms with Crippen LogP contribution in [0.5, 0.6) is 0 Å². The first-order valence-corrected chi connectivity index (χ1v) is 9.96. The summed E-state index contributed by atoms with van der Waals surface area (Å²) in [6.07, 6.45) is 2.61. The molecule has 0 bridgehead atoms. The zero-order valence-electron chi connectivity index (χ0n) is 16.0. The minimum Gasteiger partial charge on any atom is -0.396 e. The molecule has 4 fully saturated rings. The molecule has 6 nitrogen and oxygen atoms in total. The van der Waals surface area contributed by atoms with Gasteiger partial charge in [0.15, 0.2) is 12.1 Å². The number of ether oxygens (including phenoxy) is 2. The fraction of sp³-hybridized carbons (Fsp3) is 0.950. The lowest BCUT2D eigenvalue weighted by molar-refractivity contribution is -0.262. The third-order valence-electron chi connectivity index (χ3n) is 8.38. The van der Waals surface area contributed by atoms with Gasteiger partial charge in [-0.2, -0.15) is 0 Å². The van der Waals surface area contributed by atoms with Crippen molar-refractivity contribution in [3.63, 3.8) is 0 Å². The minimum absolute atomic E-state index is 0.0466. The van der Waals surface area contributed by atoms with Crippen LogP contribution in [0, 0.1) is 22.7 Å². The first kappa shape index (κ1) is 18.8. The van der Waals surface area contributed by atoms with Gasteiger partial charge in [-0.25, -0.2) is 0 Å². The van der Waals surface area contributed by atoms with Crippen LogP contribution in [0.1, 0.15) is 59.3 Å². The Kier molecular flexibility index (Phi) is 4.15. The molecule has 0 amide bonds. The fourth-order valence-electron chi connectivity index (χ4n) is 7.00. The topological polar surface area (TPSA) is 96.2 Å². The van der Waals surface area contributed by atoms with Gasteiger partial charge in [0.1, 0.15) is 6.10 Å². The van der Waals surface area contributed by atoms with Crippen LogP contribution in [0.15, 0.2) is 0 Å². The Labute approximate surface area is 154 Å². The molecule has 2 aliphatic carbocycles. The van der Waals surface area contributed by atoms with E-state index in [4.69, 9.17) is 9.47 Å². The molecule has 3 N–H and O–H groups in total. The zero-order valence-corrected chi connectivity index (χ0v) is 16.0. The van der Waals surface area contributed by atoms with E-state index >= 15 is 0 Å². The molecule has 2 saturated heterocycles. The third kappa shape index (κ3) is 2.20. The van der Waals surface area contributed by atoms with E-state index < -0.39 is 40.3 Å². The summed E-state index contributed by atoms with van der Waals surface area (Å²) in [5.41, 5.74) is -2.14. The van der Waals surface area contributed by atoms with Gasteiger partial charge in [-0.3, -0.25) is 4.79 Å². The van der Waals surface area contributed by atoms with Crippen molar-refractivity contribution in [2.45, 2.75) is 82.9 Å². The molecule has 2 heterocycles. The standard InChI is InChI=1S/C20H32O6/c1-12-14(23)15(24)16-17(2,10-21)5-4-6-18(16,3)20(12)8-7-19(26-20)9-13(22)25-11-19/h12-13,15-16,21-22,24H,4-11H2,1-3H3/t12-,13+,15-,16-,17-,18+,19-,20-/m1/s1. The van der Waals surface area contributed by atoms with Crippen LogP contribution in [0.25, 0.3) is 0 Å². The third-order valence-corrected chi connectivity index (χ3v) is 8.38. The Morgan fingerprint density at radius 3 is 2.50 bits per heavy atom. The van der Waals surface area contributed by atoms with Crippen molar-refractivity contribution >= 4 is 5.78 Å². The first-order chi connectivity index (χ1) is 12.1. The quantitative estimate of drug-likeness (QED) is 0.647. The van der Waals surface area contributed by atoms with E-state index in [1.165, 1.54) is 0 Å². The lowest BCUT2D eigenvalue weighted by Crippen LogP contribution is -2.70. The fourth-order valence-corrected chi connectivity index (χ4v) is 7.00. The van der Waals surface area contributed by atoms with E-state index in [9.17, 15) is 20.1 Å². The first-order valence-electron chi connectivity index (χ1n) is 9.96. The Bertz CT molecular complexity index is 609. The minimum atomic E-state index is -1.07. The highest BCUT2D eigenvalue weighted by molar-refractivity contribution is 5.88. The van der Waals surface area contributed by atoms with Gasteiger partial charge >= 0.3 is 0 Å². The van der Waals surface area contributed by atoms with Crippen molar-refractivity contribution in [1.29, 1.82) is 0 Å². The van der Waals surface area contributed by atoms with Crippen molar-refractivity contribution in [2.75, 3.05) is 13.2 Å². The maximum Gasteiger partial charge on any atom is 0.167 e. The second-order valence-corrected chi connectivity index (χ2v) is 9.77. The summed E-state index contributed by atoms with van der Waals surface area (Å²) >= 11 is 0. The van der Waals surface area contributed by atoms with E-state index in [0.29, 0.717) is 13.0 Å². The highest BCUT2D eigenvalue weighted by Gasteiger charge is 2.72. The molecule has 148 valence electrons. The van der Waals surface area contributed by atoms with Crippen molar-refractivity contribution in [3.05, 3.63) is 0 Å². The Morgan fingerprint density at radius 1 is 1.15 bits per heavy atom. The number of Topliss-reactive ketones (excluding diaryl/α,β-unsaturated/α-hetero) is 1. The molecule has 4 aliphatic rings. The Morgan fingerprint density at radius 2 is 1.88 bits per heavy atom. The number of aliphatic hydroxyl groups is 3. The molecule has 4 rings (SSSR count). The van der Waals surface area contributed by atoms with Crippen LogP contribution in [-0.4, -0.2) is 57.9 Å². The predicted octanol–water partition coefficient (Wildman–Crippen LogP) is 1.40. The molecule has 6 heteroatoms. The van der Waals surface area contributed by atoms with Crippen LogP contribution in [0.3, 0.4) is 0 Å². The van der Waals surface area contributed by atoms with Gasteiger partial charge in [-0.1, -0.05) is 27.2 Å². The van der Waals surface area contributed by atoms with Gasteiger partial charge in [-0.15, -0.1) is 0 Å². The summed E-state index contributed by atoms with van der Waals surface area (Å²) in [4.78, 5) is 13.1. The van der Waals surface area contributed by atoms with E-state index in [1.807, 2.05) is 13.8 Å². The molecule has 0 unspecified atom stereocenters. The van der Waals surface area contributed by atoms with Gasteiger partial charge in [-0.05, 0) is 31.1 Å². The largest absolute Gasteiger partial charge is 0.396 e. The summed E-state index contributed by atoms with van der Waals surface area (Å²) in [5.74, 6) is -0.928. The molecule has 2 spiro atoms. The number of rotatable bonds is 1. The number of ketones is 1. The normalized spacial score (nSPS) is 57.1. The van der Waals surface area contributed by atoms with Gasteiger partial charge in [0.05, 0.1) is 17.8 Å². The molecule has 0 aromatic heterocycles. The van der Waals surface area contributed by atoms with Crippen LogP contribution < -0.4 is 0 Å². The van der Waals surface area contributed by atoms with E-state index in [0.717, 1.165) is 32.1 Å². The summed E-state index contributed by atoms with van der Waals surface area (Å²) in [7, 11) is 0. The maximum absolute atomic E-state index is 13.1. The zero-order chi connectivity index (χ0) is 19.0. The molecule has 26 heavy (non-hydrogen) atoms. The molecule has 2 aliphatic heterocycles. The lowest BCUT2D eigenvalue weighted by atomic mass is 9.43. The molecule has 8 atom stereocenters. The average molecular weight is 368 g/mol. The van der Waals surface area contributed by atoms with Crippen LogP contribution in [-0.2, 0) is 14.3 Å². The van der Waals surface area contributed by atoms with Crippen molar-refractivity contribution in [2.24, 2.45) is 22.7 Å². The van der Waals surface area contributed by atoms with Crippen molar-refractivity contribution in [3.8, 4) is 0 Å². The van der Waals surface area contributed by atoms with E-state index in [1.54, 1.807) is 0 Å². The SMILES string of the molecule is C[C@@H]1C(=O)[C@@H](O)[C@@H]2[C@@](C)(CO)CCC[C@]2(C)[C@@]12CC[C@@]1(CO[C@H](O)C1)O2. The van der Waals surface area contributed by atoms with Gasteiger partial charge in [0, 0.05) is 30.3 Å². The van der Waals surface area contributed by atoms with E-state index in [2.05, 4.69) is 6.92 Å². The molecule has 2 saturated carbocycles. The number of carbonyl (C=O) groups is 1. The molecule has 0 aromatic rings. The average Bonchev–Trinajstić information content (AvgIpc) is 3.16. The highest BCUT2D eigenvalue weighted by atomic mass is 16.6. The predicted molar refractivity (Wildman–Crippen MR) is 93.2 cm³/mol. The summed E-state index contributed by atoms with van der Waals surface area (Å²) < 4.78 is 12.1. The monoisotopic (exact) mass is 368 g/mol. The summed E-state index contributed by atoms with van der Waals surface area (Å²) in [5, 5.41) is 30.9. The second-order valence-electron chi connectivity index (χ2n) is 9.77. The molecular formula is C20H32O6. The molecule has 0 radical (unpaired) electrons. The van der Waals surface area contributed by atoms with Crippen LogP contribution in [0.4, 0.5) is 0 Å². The molecular weight excluding hydrogens is 336 g/mol. The number of hydrogen-bond acceptors (Lipinski definition) is 6. The number of aliphatic hydroxyl groups excluding tert-OH is 3. The maximum atomic E-state index is 13.1. The van der Waals surface area contributed by atoms with Gasteiger partial charge in [0.2, 0.25) is 0 Å². The lowest BCUT2D eigenvalue weighted by Gasteiger charge is -2.64. The highest BCUT2D eigenvalue weighted by Crippen LogP contribution is 2.67. The molecule has 0 aromatic carbocycles. The Hall–Kier alpha value is -0.530.